The van der Waals surface area contributed by atoms with Crippen LogP contribution in [0.1, 0.15) is 6.42 Å². The zero-order valence-corrected chi connectivity index (χ0v) is 10.8. The van der Waals surface area contributed by atoms with Gasteiger partial charge in [-0.15, -0.1) is 0 Å². The van der Waals surface area contributed by atoms with Crippen LogP contribution in [0.5, 0.6) is 0 Å². The Kier molecular flexibility index (Phi) is 3.47. The topological polar surface area (TPSA) is 59.2 Å². The van der Waals surface area contributed by atoms with E-state index in [1.807, 2.05) is 0 Å². The van der Waals surface area contributed by atoms with Crippen LogP contribution < -0.4 is 10.6 Å². The fraction of sp³-hybridized carbons (Fsp3) is 0.400. The number of halogens is 2. The van der Waals surface area contributed by atoms with Gasteiger partial charge >= 0.3 is 0 Å². The van der Waals surface area contributed by atoms with Crippen LogP contribution in [-0.4, -0.2) is 24.0 Å². The minimum Gasteiger partial charge on any atom is -0.330 e. The average Bonchev–Trinajstić information content (AvgIpc) is 2.64. The van der Waals surface area contributed by atoms with E-state index in [4.69, 9.17) is 17.3 Å². The Bertz CT molecular complexity index is 427. The summed E-state index contributed by atoms with van der Waals surface area (Å²) in [6.45, 7) is 1.15. The summed E-state index contributed by atoms with van der Waals surface area (Å²) >= 11 is 9.22. The lowest BCUT2D eigenvalue weighted by Gasteiger charge is -2.15. The van der Waals surface area contributed by atoms with Crippen molar-refractivity contribution < 1.29 is 4.79 Å². The molecule has 16 heavy (non-hydrogen) atoms. The van der Waals surface area contributed by atoms with Gasteiger partial charge in [0.15, 0.2) is 0 Å². The van der Waals surface area contributed by atoms with Crippen LogP contribution in [0.4, 0.5) is 5.82 Å². The lowest BCUT2D eigenvalue weighted by Crippen LogP contribution is -2.26. The van der Waals surface area contributed by atoms with Crippen molar-refractivity contribution in [2.45, 2.75) is 6.42 Å². The first kappa shape index (κ1) is 11.8. The highest BCUT2D eigenvalue weighted by atomic mass is 79.9. The number of anilines is 1. The Balaban J connectivity index is 2.24. The maximum absolute atomic E-state index is 11.7. The minimum absolute atomic E-state index is 0.0568. The van der Waals surface area contributed by atoms with E-state index in [0.717, 1.165) is 4.47 Å². The summed E-state index contributed by atoms with van der Waals surface area (Å²) < 4.78 is 0.722. The molecular formula is C10H11BrClN3O. The SMILES string of the molecule is NCC1CC(=O)N(c2cc(Cl)c(Br)cn2)C1. The molecular weight excluding hydrogens is 293 g/mol. The Morgan fingerprint density at radius 3 is 3.00 bits per heavy atom. The van der Waals surface area contributed by atoms with Crippen LogP contribution in [0.3, 0.4) is 0 Å². The molecule has 2 heterocycles. The number of nitrogens with zero attached hydrogens (tertiary/aromatic N) is 2. The summed E-state index contributed by atoms with van der Waals surface area (Å²) in [5, 5.41) is 0.550. The van der Waals surface area contributed by atoms with Crippen molar-refractivity contribution >= 4 is 39.3 Å². The molecule has 0 saturated carbocycles. The summed E-state index contributed by atoms with van der Waals surface area (Å²) in [6.07, 6.45) is 2.09. The van der Waals surface area contributed by atoms with Gasteiger partial charge in [0.2, 0.25) is 5.91 Å². The molecule has 2 rings (SSSR count). The van der Waals surface area contributed by atoms with E-state index in [-0.39, 0.29) is 11.8 Å². The molecule has 1 aliphatic rings. The molecule has 0 spiro atoms. The van der Waals surface area contributed by atoms with Gasteiger partial charge in [-0.05, 0) is 28.4 Å². The average molecular weight is 305 g/mol. The lowest BCUT2D eigenvalue weighted by molar-refractivity contribution is -0.117. The van der Waals surface area contributed by atoms with Crippen molar-refractivity contribution in [1.29, 1.82) is 0 Å². The fourth-order valence-electron chi connectivity index (χ4n) is 1.71. The van der Waals surface area contributed by atoms with Gasteiger partial charge in [-0.3, -0.25) is 9.69 Å². The van der Waals surface area contributed by atoms with Crippen LogP contribution in [0, 0.1) is 5.92 Å². The number of hydrogen-bond donors (Lipinski definition) is 1. The molecule has 0 bridgehead atoms. The van der Waals surface area contributed by atoms with Crippen LogP contribution in [-0.2, 0) is 4.79 Å². The highest BCUT2D eigenvalue weighted by Gasteiger charge is 2.30. The third-order valence-electron chi connectivity index (χ3n) is 2.61. The van der Waals surface area contributed by atoms with Crippen LogP contribution >= 0.6 is 27.5 Å². The van der Waals surface area contributed by atoms with Gasteiger partial charge in [0.1, 0.15) is 5.82 Å². The number of nitrogens with two attached hydrogens (primary N) is 1. The second kappa shape index (κ2) is 4.69. The smallest absolute Gasteiger partial charge is 0.228 e. The Morgan fingerprint density at radius 1 is 1.69 bits per heavy atom. The van der Waals surface area contributed by atoms with Crippen LogP contribution in [0.15, 0.2) is 16.7 Å². The van der Waals surface area contributed by atoms with E-state index in [9.17, 15) is 4.79 Å². The first-order chi connectivity index (χ1) is 7.61. The third kappa shape index (κ3) is 2.21. The van der Waals surface area contributed by atoms with Crippen molar-refractivity contribution in [1.82, 2.24) is 4.98 Å². The predicted molar refractivity (Wildman–Crippen MR) is 66.5 cm³/mol. The van der Waals surface area contributed by atoms with E-state index in [1.54, 1.807) is 17.2 Å². The molecule has 1 aliphatic heterocycles. The van der Waals surface area contributed by atoms with E-state index in [0.29, 0.717) is 30.4 Å². The molecule has 1 saturated heterocycles. The largest absolute Gasteiger partial charge is 0.330 e. The standard InChI is InChI=1S/C10H11BrClN3O/c11-7-4-14-9(2-8(7)12)15-5-6(3-13)1-10(15)16/h2,4,6H,1,3,5,13H2. The van der Waals surface area contributed by atoms with Crippen molar-refractivity contribution in [3.63, 3.8) is 0 Å². The fourth-order valence-corrected chi connectivity index (χ4v) is 2.08. The Hall–Kier alpha value is -0.650. The molecule has 86 valence electrons. The zero-order valence-electron chi connectivity index (χ0n) is 8.49. The molecule has 0 aromatic carbocycles. The van der Waals surface area contributed by atoms with Gasteiger partial charge < -0.3 is 5.73 Å². The normalized spacial score (nSPS) is 20.6. The molecule has 1 unspecified atom stereocenters. The Labute approximate surface area is 107 Å². The molecule has 0 aliphatic carbocycles. The molecule has 1 aromatic heterocycles. The van der Waals surface area contributed by atoms with E-state index in [2.05, 4.69) is 20.9 Å². The van der Waals surface area contributed by atoms with Crippen molar-refractivity contribution in [2.24, 2.45) is 11.7 Å². The predicted octanol–water partition coefficient (Wildman–Crippen LogP) is 1.81. The van der Waals surface area contributed by atoms with E-state index < -0.39 is 0 Å². The molecule has 1 atom stereocenters. The minimum atomic E-state index is 0.0568. The first-order valence-electron chi connectivity index (χ1n) is 4.93. The summed E-state index contributed by atoms with van der Waals surface area (Å²) in [4.78, 5) is 17.5. The second-order valence-corrected chi connectivity index (χ2v) is 5.03. The summed E-state index contributed by atoms with van der Waals surface area (Å²) in [5.41, 5.74) is 5.56. The van der Waals surface area contributed by atoms with Gasteiger partial charge in [-0.25, -0.2) is 4.98 Å². The number of hydrogen-bond acceptors (Lipinski definition) is 3. The van der Waals surface area contributed by atoms with Crippen molar-refractivity contribution in [3.8, 4) is 0 Å². The molecule has 2 N–H and O–H groups in total. The summed E-state index contributed by atoms with van der Waals surface area (Å²) in [5.74, 6) is 0.868. The lowest BCUT2D eigenvalue weighted by atomic mass is 10.1. The highest BCUT2D eigenvalue weighted by Crippen LogP contribution is 2.28. The second-order valence-electron chi connectivity index (χ2n) is 3.77. The summed E-state index contributed by atoms with van der Waals surface area (Å²) in [6, 6.07) is 1.68. The molecule has 1 amide bonds. The maximum Gasteiger partial charge on any atom is 0.228 e. The Morgan fingerprint density at radius 2 is 2.44 bits per heavy atom. The maximum atomic E-state index is 11.7. The number of carbonyl (C=O) groups excluding carboxylic acids is 1. The molecule has 1 aromatic rings. The number of aromatic nitrogens is 1. The van der Waals surface area contributed by atoms with E-state index in [1.165, 1.54) is 0 Å². The molecule has 4 nitrogen and oxygen atoms in total. The quantitative estimate of drug-likeness (QED) is 0.906. The van der Waals surface area contributed by atoms with Gasteiger partial charge in [0, 0.05) is 25.2 Å². The van der Waals surface area contributed by atoms with Gasteiger partial charge in [0.05, 0.1) is 9.50 Å². The first-order valence-corrected chi connectivity index (χ1v) is 6.10. The summed E-state index contributed by atoms with van der Waals surface area (Å²) in [7, 11) is 0. The number of rotatable bonds is 2. The van der Waals surface area contributed by atoms with Crippen molar-refractivity contribution in [3.05, 3.63) is 21.8 Å². The van der Waals surface area contributed by atoms with Crippen molar-refractivity contribution in [2.75, 3.05) is 18.0 Å². The highest BCUT2D eigenvalue weighted by molar-refractivity contribution is 9.10. The van der Waals surface area contributed by atoms with Gasteiger partial charge in [-0.1, -0.05) is 11.6 Å². The number of pyridine rings is 1. The third-order valence-corrected chi connectivity index (χ3v) is 3.78. The zero-order chi connectivity index (χ0) is 11.7. The van der Waals surface area contributed by atoms with Crippen LogP contribution in [0.25, 0.3) is 0 Å². The molecule has 1 fully saturated rings. The van der Waals surface area contributed by atoms with Crippen LogP contribution in [0.2, 0.25) is 5.02 Å². The molecule has 6 heteroatoms. The number of amides is 1. The molecule has 0 radical (unpaired) electrons. The van der Waals surface area contributed by atoms with Gasteiger partial charge in [-0.2, -0.15) is 0 Å². The number of carbonyl (C=O) groups is 1. The van der Waals surface area contributed by atoms with E-state index >= 15 is 0 Å². The monoisotopic (exact) mass is 303 g/mol. The van der Waals surface area contributed by atoms with Gasteiger partial charge in [0.25, 0.3) is 0 Å².